The summed E-state index contributed by atoms with van der Waals surface area (Å²) < 4.78 is 0. The van der Waals surface area contributed by atoms with Gasteiger partial charge in [0, 0.05) is 42.7 Å². The summed E-state index contributed by atoms with van der Waals surface area (Å²) in [6.45, 7) is 3.67. The first kappa shape index (κ1) is 23.2. The SMILES string of the molecule is CCCC(=O)N(CCc1c[nH]c2ccccc12)C1CC(=O)N(c2ccc(NC(C)=O)cc2)C1=O. The lowest BCUT2D eigenvalue weighted by atomic mass is 10.1. The molecule has 4 rings (SSSR count). The molecule has 2 N–H and O–H groups in total. The largest absolute Gasteiger partial charge is 0.361 e. The van der Waals surface area contributed by atoms with Crippen molar-refractivity contribution in [1.29, 1.82) is 0 Å². The van der Waals surface area contributed by atoms with Gasteiger partial charge in [0.2, 0.25) is 17.7 Å². The number of rotatable bonds is 8. The highest BCUT2D eigenvalue weighted by Crippen LogP contribution is 2.28. The Morgan fingerprint density at radius 1 is 1.12 bits per heavy atom. The topological polar surface area (TPSA) is 103 Å². The maximum absolute atomic E-state index is 13.3. The van der Waals surface area contributed by atoms with Gasteiger partial charge in [0.25, 0.3) is 5.91 Å². The molecule has 1 saturated heterocycles. The number of aromatic nitrogens is 1. The fraction of sp³-hybridized carbons (Fsp3) is 0.308. The number of aromatic amines is 1. The summed E-state index contributed by atoms with van der Waals surface area (Å²) >= 11 is 0. The second-order valence-corrected chi connectivity index (χ2v) is 8.46. The molecule has 34 heavy (non-hydrogen) atoms. The van der Waals surface area contributed by atoms with Crippen LogP contribution in [0.5, 0.6) is 0 Å². The summed E-state index contributed by atoms with van der Waals surface area (Å²) in [5.41, 5.74) is 3.08. The van der Waals surface area contributed by atoms with Crippen LogP contribution in [0.2, 0.25) is 0 Å². The Labute approximate surface area is 197 Å². The molecular weight excluding hydrogens is 432 g/mol. The van der Waals surface area contributed by atoms with E-state index >= 15 is 0 Å². The van der Waals surface area contributed by atoms with Crippen molar-refractivity contribution < 1.29 is 19.2 Å². The molecule has 0 radical (unpaired) electrons. The lowest BCUT2D eigenvalue weighted by Gasteiger charge is -2.27. The van der Waals surface area contributed by atoms with E-state index < -0.39 is 11.9 Å². The smallest absolute Gasteiger partial charge is 0.257 e. The van der Waals surface area contributed by atoms with Gasteiger partial charge in [-0.25, -0.2) is 4.90 Å². The van der Waals surface area contributed by atoms with E-state index in [1.807, 2.05) is 37.4 Å². The summed E-state index contributed by atoms with van der Waals surface area (Å²) in [7, 11) is 0. The van der Waals surface area contributed by atoms with Crippen molar-refractivity contribution >= 4 is 45.9 Å². The zero-order chi connectivity index (χ0) is 24.2. The number of hydrogen-bond acceptors (Lipinski definition) is 4. The van der Waals surface area contributed by atoms with Crippen molar-refractivity contribution in [2.24, 2.45) is 0 Å². The van der Waals surface area contributed by atoms with E-state index in [9.17, 15) is 19.2 Å². The summed E-state index contributed by atoms with van der Waals surface area (Å²) in [5.74, 6) is -1.08. The molecule has 2 heterocycles. The average Bonchev–Trinajstić information content (AvgIpc) is 3.35. The molecular formula is C26H28N4O4. The van der Waals surface area contributed by atoms with E-state index in [1.165, 1.54) is 6.92 Å². The molecule has 176 valence electrons. The number of carbonyl (C=O) groups excluding carboxylic acids is 4. The monoisotopic (exact) mass is 460 g/mol. The predicted octanol–water partition coefficient (Wildman–Crippen LogP) is 3.63. The number of amides is 4. The van der Waals surface area contributed by atoms with E-state index in [4.69, 9.17) is 0 Å². The number of hydrogen-bond donors (Lipinski definition) is 2. The number of nitrogens with one attached hydrogen (secondary N) is 2. The fourth-order valence-electron chi connectivity index (χ4n) is 4.42. The Hall–Kier alpha value is -3.94. The number of anilines is 2. The fourth-order valence-corrected chi connectivity index (χ4v) is 4.42. The predicted molar refractivity (Wildman–Crippen MR) is 130 cm³/mol. The highest BCUT2D eigenvalue weighted by molar-refractivity contribution is 6.23. The standard InChI is InChI=1S/C26H28N4O4/c1-3-6-24(32)29(14-13-18-16-27-22-8-5-4-7-21(18)22)23-15-25(33)30(26(23)34)20-11-9-19(10-12-20)28-17(2)31/h4-5,7-12,16,23,27H,3,6,13-15H2,1-2H3,(H,28,31). The van der Waals surface area contributed by atoms with Gasteiger partial charge in [-0.15, -0.1) is 0 Å². The van der Waals surface area contributed by atoms with Crippen molar-refractivity contribution in [3.8, 4) is 0 Å². The molecule has 4 amide bonds. The van der Waals surface area contributed by atoms with Gasteiger partial charge in [-0.3, -0.25) is 19.2 Å². The van der Waals surface area contributed by atoms with E-state index in [2.05, 4.69) is 10.3 Å². The van der Waals surface area contributed by atoms with E-state index in [-0.39, 0.29) is 24.1 Å². The molecule has 0 spiro atoms. The molecule has 0 aliphatic carbocycles. The third kappa shape index (κ3) is 4.71. The van der Waals surface area contributed by atoms with Crippen LogP contribution in [-0.4, -0.2) is 46.1 Å². The molecule has 1 unspecified atom stereocenters. The third-order valence-corrected chi connectivity index (χ3v) is 6.03. The number of imide groups is 1. The second-order valence-electron chi connectivity index (χ2n) is 8.46. The second kappa shape index (κ2) is 9.91. The molecule has 1 aromatic heterocycles. The van der Waals surface area contributed by atoms with Crippen LogP contribution < -0.4 is 10.2 Å². The van der Waals surface area contributed by atoms with Crippen molar-refractivity contribution in [1.82, 2.24) is 9.88 Å². The van der Waals surface area contributed by atoms with Crippen LogP contribution in [-0.2, 0) is 25.6 Å². The minimum atomic E-state index is -0.827. The number of benzene rings is 2. The number of fused-ring (bicyclic) bond motifs is 1. The van der Waals surface area contributed by atoms with Gasteiger partial charge in [-0.2, -0.15) is 0 Å². The Morgan fingerprint density at radius 2 is 1.85 bits per heavy atom. The van der Waals surface area contributed by atoms with Gasteiger partial charge in [-0.05, 0) is 48.7 Å². The highest BCUT2D eigenvalue weighted by atomic mass is 16.2. The first-order chi connectivity index (χ1) is 16.4. The van der Waals surface area contributed by atoms with Crippen LogP contribution >= 0.6 is 0 Å². The third-order valence-electron chi connectivity index (χ3n) is 6.03. The van der Waals surface area contributed by atoms with Crippen molar-refractivity contribution in [3.63, 3.8) is 0 Å². The molecule has 1 atom stereocenters. The summed E-state index contributed by atoms with van der Waals surface area (Å²) in [5, 5.41) is 3.74. The highest BCUT2D eigenvalue weighted by Gasteiger charge is 2.44. The molecule has 0 bridgehead atoms. The Bertz CT molecular complexity index is 1230. The first-order valence-electron chi connectivity index (χ1n) is 11.5. The molecule has 1 aliphatic heterocycles. The zero-order valence-corrected chi connectivity index (χ0v) is 19.3. The van der Waals surface area contributed by atoms with E-state index in [1.54, 1.807) is 29.2 Å². The summed E-state index contributed by atoms with van der Waals surface area (Å²) in [6, 6.07) is 13.6. The van der Waals surface area contributed by atoms with Gasteiger partial charge in [0.05, 0.1) is 12.1 Å². The minimum absolute atomic E-state index is 0.0460. The van der Waals surface area contributed by atoms with Gasteiger partial charge in [-0.1, -0.05) is 25.1 Å². The molecule has 8 nitrogen and oxygen atoms in total. The quantitative estimate of drug-likeness (QED) is 0.501. The number of para-hydroxylation sites is 1. The van der Waals surface area contributed by atoms with Crippen LogP contribution in [0.4, 0.5) is 11.4 Å². The van der Waals surface area contributed by atoms with Crippen LogP contribution in [0, 0.1) is 0 Å². The molecule has 1 aliphatic rings. The van der Waals surface area contributed by atoms with Gasteiger partial charge in [0.1, 0.15) is 6.04 Å². The maximum atomic E-state index is 13.3. The van der Waals surface area contributed by atoms with Crippen molar-refractivity contribution in [2.75, 3.05) is 16.8 Å². The molecule has 1 fully saturated rings. The number of H-pyrrole nitrogens is 1. The van der Waals surface area contributed by atoms with Crippen molar-refractivity contribution in [2.45, 2.75) is 45.6 Å². The van der Waals surface area contributed by atoms with Crippen LogP contribution in [0.15, 0.2) is 54.7 Å². The van der Waals surface area contributed by atoms with Crippen LogP contribution in [0.1, 0.15) is 38.7 Å². The maximum Gasteiger partial charge on any atom is 0.257 e. The van der Waals surface area contributed by atoms with Gasteiger partial charge < -0.3 is 15.2 Å². The first-order valence-corrected chi connectivity index (χ1v) is 11.5. The Kier molecular flexibility index (Phi) is 6.77. The molecule has 2 aromatic carbocycles. The lowest BCUT2D eigenvalue weighted by Crippen LogP contribution is -2.46. The van der Waals surface area contributed by atoms with E-state index in [0.717, 1.165) is 21.4 Å². The number of nitrogens with zero attached hydrogens (tertiary/aromatic N) is 2. The molecule has 0 saturated carbocycles. The lowest BCUT2D eigenvalue weighted by molar-refractivity contribution is -0.138. The number of carbonyl (C=O) groups is 4. The molecule has 3 aromatic rings. The zero-order valence-electron chi connectivity index (χ0n) is 19.3. The Balaban J connectivity index is 1.54. The minimum Gasteiger partial charge on any atom is -0.361 e. The van der Waals surface area contributed by atoms with E-state index in [0.29, 0.717) is 37.2 Å². The average molecular weight is 461 g/mol. The normalized spacial score (nSPS) is 15.7. The summed E-state index contributed by atoms with van der Waals surface area (Å²) in [6.07, 6.45) is 3.43. The van der Waals surface area contributed by atoms with Gasteiger partial charge >= 0.3 is 0 Å². The van der Waals surface area contributed by atoms with Crippen molar-refractivity contribution in [3.05, 3.63) is 60.3 Å². The van der Waals surface area contributed by atoms with Crippen LogP contribution in [0.25, 0.3) is 10.9 Å². The van der Waals surface area contributed by atoms with Crippen LogP contribution in [0.3, 0.4) is 0 Å². The Morgan fingerprint density at radius 3 is 2.56 bits per heavy atom. The summed E-state index contributed by atoms with van der Waals surface area (Å²) in [4.78, 5) is 56.4. The molecule has 8 heteroatoms. The van der Waals surface area contributed by atoms with Gasteiger partial charge in [0.15, 0.2) is 0 Å².